The Hall–Kier alpha value is -3.09. The quantitative estimate of drug-likeness (QED) is 0.579. The lowest BCUT2D eigenvalue weighted by Crippen LogP contribution is -2.20. The molecule has 0 radical (unpaired) electrons. The molecule has 2 aromatic carbocycles. The summed E-state index contributed by atoms with van der Waals surface area (Å²) in [6, 6.07) is 14.9. The molecule has 1 heterocycles. The van der Waals surface area contributed by atoms with Gasteiger partial charge in [0.15, 0.2) is 6.61 Å². The minimum Gasteiger partial charge on any atom is -0.482 e. The molecule has 0 spiro atoms. The molecule has 0 atom stereocenters. The molecule has 0 bridgehead atoms. The first kappa shape index (κ1) is 20.6. The predicted octanol–water partition coefficient (Wildman–Crippen LogP) is 4.97. The van der Waals surface area contributed by atoms with Gasteiger partial charge in [0, 0.05) is 22.5 Å². The number of nitrogens with one attached hydrogen (secondary N) is 2. The van der Waals surface area contributed by atoms with E-state index in [1.54, 1.807) is 48.7 Å². The Morgan fingerprint density at radius 3 is 2.62 bits per heavy atom. The second kappa shape index (κ2) is 9.41. The Bertz CT molecular complexity index is 1060. The van der Waals surface area contributed by atoms with Crippen molar-refractivity contribution in [2.24, 2.45) is 0 Å². The Morgan fingerprint density at radius 1 is 1.03 bits per heavy atom. The maximum absolute atomic E-state index is 12.4. The molecule has 0 unspecified atom stereocenters. The van der Waals surface area contributed by atoms with E-state index in [-0.39, 0.29) is 12.5 Å². The maximum Gasteiger partial charge on any atom is 0.262 e. The molecule has 29 heavy (non-hydrogen) atoms. The normalized spacial score (nSPS) is 10.3. The number of carbonyl (C=O) groups excluding carboxylic acids is 2. The summed E-state index contributed by atoms with van der Waals surface area (Å²) in [5.74, 6) is 0.0833. The molecule has 0 saturated carbocycles. The van der Waals surface area contributed by atoms with Crippen LogP contribution in [0.4, 0.5) is 11.5 Å². The molecule has 0 aliphatic carbocycles. The van der Waals surface area contributed by atoms with Gasteiger partial charge in [-0.15, -0.1) is 0 Å². The minimum atomic E-state index is -0.395. The molecular weight excluding hydrogens is 413 g/mol. The van der Waals surface area contributed by atoms with Crippen LogP contribution in [-0.4, -0.2) is 23.4 Å². The van der Waals surface area contributed by atoms with E-state index in [0.717, 1.165) is 5.56 Å². The van der Waals surface area contributed by atoms with E-state index in [9.17, 15) is 9.59 Å². The Balaban J connectivity index is 1.60. The molecule has 0 aliphatic heterocycles. The van der Waals surface area contributed by atoms with Gasteiger partial charge in [-0.2, -0.15) is 0 Å². The summed E-state index contributed by atoms with van der Waals surface area (Å²) in [7, 11) is 0. The van der Waals surface area contributed by atoms with Gasteiger partial charge in [0.25, 0.3) is 11.8 Å². The highest BCUT2D eigenvalue weighted by molar-refractivity contribution is 6.35. The summed E-state index contributed by atoms with van der Waals surface area (Å²) in [6.07, 6.45) is 1.62. The van der Waals surface area contributed by atoms with E-state index >= 15 is 0 Å². The summed E-state index contributed by atoms with van der Waals surface area (Å²) in [5, 5.41) is 6.20. The van der Waals surface area contributed by atoms with Crippen molar-refractivity contribution in [3.8, 4) is 5.75 Å². The van der Waals surface area contributed by atoms with Gasteiger partial charge in [-0.25, -0.2) is 4.98 Å². The molecule has 8 heteroatoms. The Kier molecular flexibility index (Phi) is 6.69. The number of hydrogen-bond donors (Lipinski definition) is 2. The number of nitrogens with zero attached hydrogens (tertiary/aromatic N) is 1. The number of benzene rings is 2. The number of halogens is 2. The van der Waals surface area contributed by atoms with Crippen molar-refractivity contribution in [2.75, 3.05) is 17.2 Å². The van der Waals surface area contributed by atoms with E-state index in [1.807, 2.05) is 13.0 Å². The minimum absolute atomic E-state index is 0.245. The van der Waals surface area contributed by atoms with E-state index in [1.165, 1.54) is 6.07 Å². The number of aromatic nitrogens is 1. The van der Waals surface area contributed by atoms with Crippen LogP contribution in [0.2, 0.25) is 10.0 Å². The SMILES string of the molecule is Cc1ccnc(NC(=O)c2cccc(NC(=O)COc3ccc(Cl)cc3Cl)c2)c1. The van der Waals surface area contributed by atoms with E-state index in [0.29, 0.717) is 32.9 Å². The lowest BCUT2D eigenvalue weighted by atomic mass is 10.2. The molecule has 2 N–H and O–H groups in total. The van der Waals surface area contributed by atoms with Gasteiger partial charge in [0.2, 0.25) is 0 Å². The van der Waals surface area contributed by atoms with Crippen LogP contribution in [0.25, 0.3) is 0 Å². The summed E-state index contributed by atoms with van der Waals surface area (Å²) >= 11 is 11.8. The predicted molar refractivity (Wildman–Crippen MR) is 114 cm³/mol. The lowest BCUT2D eigenvalue weighted by Gasteiger charge is -2.10. The van der Waals surface area contributed by atoms with Crippen molar-refractivity contribution in [2.45, 2.75) is 6.92 Å². The molecule has 3 aromatic rings. The summed E-state index contributed by atoms with van der Waals surface area (Å²) in [6.45, 7) is 1.66. The average Bonchev–Trinajstić information content (AvgIpc) is 2.67. The number of hydrogen-bond acceptors (Lipinski definition) is 4. The van der Waals surface area contributed by atoms with Gasteiger partial charge in [0.1, 0.15) is 11.6 Å². The van der Waals surface area contributed by atoms with E-state index < -0.39 is 5.91 Å². The smallest absolute Gasteiger partial charge is 0.262 e. The van der Waals surface area contributed by atoms with Crippen LogP contribution in [0.3, 0.4) is 0 Å². The molecule has 2 amide bonds. The number of ether oxygens (including phenoxy) is 1. The maximum atomic E-state index is 12.4. The van der Waals surface area contributed by atoms with Gasteiger partial charge in [0.05, 0.1) is 5.02 Å². The van der Waals surface area contributed by atoms with Crippen molar-refractivity contribution < 1.29 is 14.3 Å². The van der Waals surface area contributed by atoms with Crippen LogP contribution in [-0.2, 0) is 4.79 Å². The largest absolute Gasteiger partial charge is 0.482 e. The molecule has 0 saturated heterocycles. The zero-order valence-corrected chi connectivity index (χ0v) is 16.9. The second-order valence-electron chi connectivity index (χ2n) is 6.16. The van der Waals surface area contributed by atoms with E-state index in [2.05, 4.69) is 15.6 Å². The molecule has 148 valence electrons. The van der Waals surface area contributed by atoms with E-state index in [4.69, 9.17) is 27.9 Å². The fraction of sp³-hybridized carbons (Fsp3) is 0.0952. The summed E-state index contributed by atoms with van der Waals surface area (Å²) < 4.78 is 5.40. The van der Waals surface area contributed by atoms with Gasteiger partial charge in [-0.3, -0.25) is 9.59 Å². The van der Waals surface area contributed by atoms with Crippen LogP contribution in [0.5, 0.6) is 5.75 Å². The van der Waals surface area contributed by atoms with Crippen molar-refractivity contribution in [3.05, 3.63) is 82.0 Å². The topological polar surface area (TPSA) is 80.3 Å². The van der Waals surface area contributed by atoms with Crippen LogP contribution >= 0.6 is 23.2 Å². The monoisotopic (exact) mass is 429 g/mol. The third kappa shape index (κ3) is 5.94. The lowest BCUT2D eigenvalue weighted by molar-refractivity contribution is -0.118. The van der Waals surface area contributed by atoms with Gasteiger partial charge in [-0.05, 0) is 61.0 Å². The third-order valence-corrected chi connectivity index (χ3v) is 4.35. The van der Waals surface area contributed by atoms with Crippen molar-refractivity contribution in [1.82, 2.24) is 4.98 Å². The number of amides is 2. The Morgan fingerprint density at radius 2 is 1.86 bits per heavy atom. The van der Waals surface area contributed by atoms with Gasteiger partial charge >= 0.3 is 0 Å². The zero-order valence-electron chi connectivity index (χ0n) is 15.4. The first-order valence-corrected chi connectivity index (χ1v) is 9.38. The molecular formula is C21H17Cl2N3O3. The molecule has 0 aliphatic rings. The van der Waals surface area contributed by atoms with Crippen LogP contribution in [0.15, 0.2) is 60.8 Å². The highest BCUT2D eigenvalue weighted by Gasteiger charge is 2.10. The highest BCUT2D eigenvalue weighted by Crippen LogP contribution is 2.27. The molecule has 6 nitrogen and oxygen atoms in total. The molecule has 1 aromatic heterocycles. The zero-order chi connectivity index (χ0) is 20.8. The van der Waals surface area contributed by atoms with Crippen LogP contribution in [0.1, 0.15) is 15.9 Å². The first-order chi connectivity index (χ1) is 13.9. The summed E-state index contributed by atoms with van der Waals surface area (Å²) in [4.78, 5) is 28.7. The van der Waals surface area contributed by atoms with Crippen LogP contribution < -0.4 is 15.4 Å². The average molecular weight is 430 g/mol. The number of pyridine rings is 1. The van der Waals surface area contributed by atoms with Crippen molar-refractivity contribution in [3.63, 3.8) is 0 Å². The van der Waals surface area contributed by atoms with Crippen molar-refractivity contribution in [1.29, 1.82) is 0 Å². The van der Waals surface area contributed by atoms with Gasteiger partial charge < -0.3 is 15.4 Å². The number of aryl methyl sites for hydroxylation is 1. The first-order valence-electron chi connectivity index (χ1n) is 8.62. The van der Waals surface area contributed by atoms with Crippen molar-refractivity contribution >= 4 is 46.5 Å². The fourth-order valence-electron chi connectivity index (χ4n) is 2.46. The number of anilines is 2. The number of carbonyl (C=O) groups is 2. The standard InChI is InChI=1S/C21H17Cl2N3O3/c1-13-7-8-24-19(9-13)26-21(28)14-3-2-4-16(10-14)25-20(27)12-29-18-6-5-15(22)11-17(18)23/h2-11H,12H2,1H3,(H,25,27)(H,24,26,28). The number of rotatable bonds is 6. The fourth-order valence-corrected chi connectivity index (χ4v) is 2.93. The molecule has 3 rings (SSSR count). The van der Waals surface area contributed by atoms with Crippen LogP contribution in [0, 0.1) is 6.92 Å². The highest BCUT2D eigenvalue weighted by atomic mass is 35.5. The Labute approximate surface area is 177 Å². The summed E-state index contributed by atoms with van der Waals surface area (Å²) in [5.41, 5.74) is 1.83. The van der Waals surface area contributed by atoms with Gasteiger partial charge in [-0.1, -0.05) is 29.3 Å². The second-order valence-corrected chi connectivity index (χ2v) is 7.01. The molecule has 0 fully saturated rings. The third-order valence-electron chi connectivity index (χ3n) is 3.82.